The van der Waals surface area contributed by atoms with Gasteiger partial charge in [0.15, 0.2) is 0 Å². The molecule has 0 saturated heterocycles. The summed E-state index contributed by atoms with van der Waals surface area (Å²) >= 11 is 3.44. The molecule has 1 unspecified atom stereocenters. The van der Waals surface area contributed by atoms with Crippen LogP contribution in [0.25, 0.3) is 0 Å². The monoisotopic (exact) mass is 287 g/mol. The summed E-state index contributed by atoms with van der Waals surface area (Å²) in [7, 11) is 1.70. The van der Waals surface area contributed by atoms with Crippen LogP contribution in [0.4, 0.5) is 0 Å². The van der Waals surface area contributed by atoms with E-state index in [0.717, 1.165) is 23.2 Å². The van der Waals surface area contributed by atoms with Gasteiger partial charge in [0.2, 0.25) is 0 Å². The van der Waals surface area contributed by atoms with Crippen LogP contribution in [0.5, 0.6) is 5.75 Å². The molecule has 0 saturated carbocycles. The standard InChI is InChI=1S/C12H18BrNO2/c1-15-7-6-10(8-14)9-16-12-5-3-2-4-11(12)13/h2-5,10H,6-9,14H2,1H3. The number of nitrogens with two attached hydrogens (primary N) is 1. The largest absolute Gasteiger partial charge is 0.492 e. The Morgan fingerprint density at radius 3 is 2.75 bits per heavy atom. The first kappa shape index (κ1) is 13.5. The van der Waals surface area contributed by atoms with Gasteiger partial charge in [-0.25, -0.2) is 0 Å². The highest BCUT2D eigenvalue weighted by Crippen LogP contribution is 2.24. The SMILES string of the molecule is COCCC(CN)COc1ccccc1Br. The number of para-hydroxylation sites is 1. The van der Waals surface area contributed by atoms with Crippen LogP contribution < -0.4 is 10.5 Å². The van der Waals surface area contributed by atoms with E-state index >= 15 is 0 Å². The normalized spacial score (nSPS) is 12.4. The number of hydrogen-bond donors (Lipinski definition) is 1. The van der Waals surface area contributed by atoms with Crippen molar-refractivity contribution >= 4 is 15.9 Å². The maximum Gasteiger partial charge on any atom is 0.133 e. The van der Waals surface area contributed by atoms with Crippen LogP contribution in [-0.2, 0) is 4.74 Å². The molecule has 0 bridgehead atoms. The summed E-state index contributed by atoms with van der Waals surface area (Å²) in [5.74, 6) is 1.20. The average Bonchev–Trinajstić information content (AvgIpc) is 2.31. The molecule has 0 aliphatic heterocycles. The van der Waals surface area contributed by atoms with Gasteiger partial charge in [-0.2, -0.15) is 0 Å². The third-order valence-corrected chi connectivity index (χ3v) is 3.03. The third kappa shape index (κ3) is 4.51. The predicted molar refractivity (Wildman–Crippen MR) is 68.7 cm³/mol. The molecule has 2 N–H and O–H groups in total. The number of ether oxygens (including phenoxy) is 2. The molecule has 16 heavy (non-hydrogen) atoms. The minimum absolute atomic E-state index is 0.340. The van der Waals surface area contributed by atoms with E-state index < -0.39 is 0 Å². The molecule has 1 aromatic rings. The van der Waals surface area contributed by atoms with E-state index in [-0.39, 0.29) is 0 Å². The van der Waals surface area contributed by atoms with Gasteiger partial charge < -0.3 is 15.2 Å². The Balaban J connectivity index is 2.40. The summed E-state index contributed by atoms with van der Waals surface area (Å²) in [5, 5.41) is 0. The predicted octanol–water partition coefficient (Wildman–Crippen LogP) is 2.44. The highest BCUT2D eigenvalue weighted by molar-refractivity contribution is 9.10. The Morgan fingerprint density at radius 2 is 2.12 bits per heavy atom. The van der Waals surface area contributed by atoms with Crippen molar-refractivity contribution in [3.8, 4) is 5.75 Å². The van der Waals surface area contributed by atoms with Crippen LogP contribution in [0, 0.1) is 5.92 Å². The number of hydrogen-bond acceptors (Lipinski definition) is 3. The number of methoxy groups -OCH3 is 1. The fourth-order valence-corrected chi connectivity index (χ4v) is 1.72. The number of halogens is 1. The zero-order chi connectivity index (χ0) is 11.8. The lowest BCUT2D eigenvalue weighted by Gasteiger charge is -2.15. The minimum atomic E-state index is 0.340. The van der Waals surface area contributed by atoms with Crippen molar-refractivity contribution in [2.45, 2.75) is 6.42 Å². The molecule has 0 aromatic heterocycles. The molecule has 0 spiro atoms. The van der Waals surface area contributed by atoms with E-state index in [9.17, 15) is 0 Å². The first-order valence-corrected chi connectivity index (χ1v) is 6.13. The molecule has 0 fully saturated rings. The van der Waals surface area contributed by atoms with E-state index in [4.69, 9.17) is 15.2 Å². The number of benzene rings is 1. The summed E-state index contributed by atoms with van der Waals surface area (Å²) in [6.45, 7) is 1.97. The third-order valence-electron chi connectivity index (χ3n) is 2.37. The Morgan fingerprint density at radius 1 is 1.38 bits per heavy atom. The molecule has 1 rings (SSSR count). The van der Waals surface area contributed by atoms with Gasteiger partial charge in [-0.3, -0.25) is 0 Å². The summed E-state index contributed by atoms with van der Waals surface area (Å²) in [4.78, 5) is 0. The molecule has 1 atom stereocenters. The molecule has 90 valence electrons. The van der Waals surface area contributed by atoms with Crippen molar-refractivity contribution in [3.63, 3.8) is 0 Å². The summed E-state index contributed by atoms with van der Waals surface area (Å²) in [5.41, 5.74) is 5.67. The minimum Gasteiger partial charge on any atom is -0.492 e. The smallest absolute Gasteiger partial charge is 0.133 e. The molecular formula is C12H18BrNO2. The second-order valence-electron chi connectivity index (χ2n) is 3.62. The maximum absolute atomic E-state index is 5.70. The molecule has 0 amide bonds. The van der Waals surface area contributed by atoms with Gasteiger partial charge in [-0.05, 0) is 41.0 Å². The van der Waals surface area contributed by atoms with Gasteiger partial charge in [0, 0.05) is 19.6 Å². The Hall–Kier alpha value is -0.580. The summed E-state index contributed by atoms with van der Waals surface area (Å²) < 4.78 is 11.7. The average molecular weight is 288 g/mol. The van der Waals surface area contributed by atoms with E-state index in [1.807, 2.05) is 24.3 Å². The molecule has 0 aliphatic carbocycles. The first-order valence-electron chi connectivity index (χ1n) is 5.34. The summed E-state index contributed by atoms with van der Waals surface area (Å²) in [6, 6.07) is 7.81. The van der Waals surface area contributed by atoms with Crippen LogP contribution in [0.3, 0.4) is 0 Å². The van der Waals surface area contributed by atoms with Crippen molar-refractivity contribution in [2.75, 3.05) is 26.9 Å². The van der Waals surface area contributed by atoms with Gasteiger partial charge in [0.05, 0.1) is 11.1 Å². The van der Waals surface area contributed by atoms with Crippen molar-refractivity contribution in [2.24, 2.45) is 11.7 Å². The van der Waals surface area contributed by atoms with Crippen molar-refractivity contribution in [1.82, 2.24) is 0 Å². The molecule has 1 aromatic carbocycles. The van der Waals surface area contributed by atoms with E-state index in [2.05, 4.69) is 15.9 Å². The topological polar surface area (TPSA) is 44.5 Å². The fraction of sp³-hybridized carbons (Fsp3) is 0.500. The number of rotatable bonds is 7. The maximum atomic E-state index is 5.70. The quantitative estimate of drug-likeness (QED) is 0.838. The van der Waals surface area contributed by atoms with Crippen molar-refractivity contribution in [3.05, 3.63) is 28.7 Å². The van der Waals surface area contributed by atoms with Crippen LogP contribution in [0.1, 0.15) is 6.42 Å². The summed E-state index contributed by atoms with van der Waals surface area (Å²) in [6.07, 6.45) is 0.928. The molecule has 0 radical (unpaired) electrons. The molecule has 4 heteroatoms. The highest BCUT2D eigenvalue weighted by atomic mass is 79.9. The van der Waals surface area contributed by atoms with Gasteiger partial charge in [0.1, 0.15) is 5.75 Å². The zero-order valence-electron chi connectivity index (χ0n) is 9.49. The lowest BCUT2D eigenvalue weighted by atomic mass is 10.1. The molecular weight excluding hydrogens is 270 g/mol. The van der Waals surface area contributed by atoms with Crippen LogP contribution in [0.2, 0.25) is 0 Å². The van der Waals surface area contributed by atoms with Gasteiger partial charge >= 0.3 is 0 Å². The molecule has 0 aliphatic rings. The first-order chi connectivity index (χ1) is 7.77. The molecule has 0 heterocycles. The Bertz CT molecular complexity index is 307. The molecule has 3 nitrogen and oxygen atoms in total. The fourth-order valence-electron chi connectivity index (χ4n) is 1.32. The Kier molecular flexibility index (Phi) is 6.45. The van der Waals surface area contributed by atoms with Crippen molar-refractivity contribution < 1.29 is 9.47 Å². The second-order valence-corrected chi connectivity index (χ2v) is 4.48. The van der Waals surface area contributed by atoms with Gasteiger partial charge in [-0.15, -0.1) is 0 Å². The zero-order valence-corrected chi connectivity index (χ0v) is 11.1. The van der Waals surface area contributed by atoms with Crippen LogP contribution >= 0.6 is 15.9 Å². The van der Waals surface area contributed by atoms with Crippen molar-refractivity contribution in [1.29, 1.82) is 0 Å². The van der Waals surface area contributed by atoms with Gasteiger partial charge in [-0.1, -0.05) is 12.1 Å². The second kappa shape index (κ2) is 7.65. The van der Waals surface area contributed by atoms with E-state index in [1.165, 1.54) is 0 Å². The lowest BCUT2D eigenvalue weighted by molar-refractivity contribution is 0.157. The van der Waals surface area contributed by atoms with E-state index in [1.54, 1.807) is 7.11 Å². The van der Waals surface area contributed by atoms with E-state index in [0.29, 0.717) is 19.1 Å². The lowest BCUT2D eigenvalue weighted by Crippen LogP contribution is -2.23. The highest BCUT2D eigenvalue weighted by Gasteiger charge is 2.08. The Labute approximate surface area is 105 Å². The van der Waals surface area contributed by atoms with Crippen LogP contribution in [-0.4, -0.2) is 26.9 Å². The van der Waals surface area contributed by atoms with Crippen LogP contribution in [0.15, 0.2) is 28.7 Å². The van der Waals surface area contributed by atoms with Gasteiger partial charge in [0.25, 0.3) is 0 Å².